The second-order valence-corrected chi connectivity index (χ2v) is 13.4. The van der Waals surface area contributed by atoms with Gasteiger partial charge in [0.1, 0.15) is 11.6 Å². The Hall–Kier alpha value is -1.96. The minimum Gasteiger partial charge on any atom is -0.207 e. The van der Waals surface area contributed by atoms with Crippen LogP contribution in [0.2, 0.25) is 0 Å². The normalized spacial score (nSPS) is 27.4. The fraction of sp³-hybridized carbons (Fsp3) is 0.632. The lowest BCUT2D eigenvalue weighted by atomic mass is 9.76. The Labute approximate surface area is 243 Å². The summed E-state index contributed by atoms with van der Waals surface area (Å²) in [5.74, 6) is 2.76. The van der Waals surface area contributed by atoms with Crippen LogP contribution >= 0.6 is 0 Å². The molecular formula is C38H52F2. The highest BCUT2D eigenvalue weighted by molar-refractivity contribution is 5.67. The first-order valence-corrected chi connectivity index (χ1v) is 16.8. The summed E-state index contributed by atoms with van der Waals surface area (Å²) in [5.41, 5.74) is 5.22. The Balaban J connectivity index is 1.15. The Bertz CT molecular complexity index is 1110. The molecule has 1 unspecified atom stereocenters. The van der Waals surface area contributed by atoms with Crippen molar-refractivity contribution in [2.24, 2.45) is 11.8 Å². The van der Waals surface area contributed by atoms with E-state index in [0.717, 1.165) is 60.6 Å². The van der Waals surface area contributed by atoms with E-state index in [1.54, 1.807) is 6.07 Å². The van der Waals surface area contributed by atoms with Crippen LogP contribution in [0.4, 0.5) is 8.78 Å². The molecule has 0 aliphatic heterocycles. The average Bonchev–Trinajstić information content (AvgIpc) is 3.00. The van der Waals surface area contributed by atoms with Gasteiger partial charge in [-0.05, 0) is 140 Å². The molecule has 40 heavy (non-hydrogen) atoms. The summed E-state index contributed by atoms with van der Waals surface area (Å²) in [7, 11) is 0. The van der Waals surface area contributed by atoms with Gasteiger partial charge in [-0.3, -0.25) is 0 Å². The second kappa shape index (κ2) is 14.3. The molecule has 3 aliphatic rings. The largest absolute Gasteiger partial charge is 0.207 e. The third-order valence-corrected chi connectivity index (χ3v) is 10.9. The fourth-order valence-corrected chi connectivity index (χ4v) is 8.09. The van der Waals surface area contributed by atoms with Gasteiger partial charge >= 0.3 is 0 Å². The SMILES string of the molecule is CCCCCCC1CCC(c2ccc(C3CC=C(c4ccc(C5CCC(CC)CC5)c(F)c4)CC3)c(F)c2)CC1. The summed E-state index contributed by atoms with van der Waals surface area (Å²) in [6, 6.07) is 12.1. The van der Waals surface area contributed by atoms with Crippen molar-refractivity contribution in [3.8, 4) is 0 Å². The van der Waals surface area contributed by atoms with E-state index in [0.29, 0.717) is 11.8 Å². The number of unbranched alkanes of at least 4 members (excludes halogenated alkanes) is 3. The van der Waals surface area contributed by atoms with E-state index < -0.39 is 0 Å². The van der Waals surface area contributed by atoms with Gasteiger partial charge in [0.2, 0.25) is 0 Å². The molecule has 0 heterocycles. The van der Waals surface area contributed by atoms with E-state index in [1.165, 1.54) is 88.2 Å². The number of benzene rings is 2. The Kier molecular flexibility index (Phi) is 10.5. The average molecular weight is 547 g/mol. The first-order chi connectivity index (χ1) is 19.6. The monoisotopic (exact) mass is 546 g/mol. The molecule has 2 fully saturated rings. The lowest BCUT2D eigenvalue weighted by Gasteiger charge is -2.29. The molecule has 2 saturated carbocycles. The Morgan fingerprint density at radius 3 is 1.98 bits per heavy atom. The molecule has 218 valence electrons. The van der Waals surface area contributed by atoms with Crippen LogP contribution in [0.15, 0.2) is 42.5 Å². The van der Waals surface area contributed by atoms with Crippen molar-refractivity contribution >= 4 is 5.57 Å². The maximum atomic E-state index is 15.4. The quantitative estimate of drug-likeness (QED) is 0.260. The van der Waals surface area contributed by atoms with Gasteiger partial charge in [0, 0.05) is 0 Å². The molecule has 0 bridgehead atoms. The second-order valence-electron chi connectivity index (χ2n) is 13.4. The summed E-state index contributed by atoms with van der Waals surface area (Å²) < 4.78 is 30.6. The summed E-state index contributed by atoms with van der Waals surface area (Å²) >= 11 is 0. The lowest BCUT2D eigenvalue weighted by Crippen LogP contribution is -2.14. The third-order valence-electron chi connectivity index (χ3n) is 10.9. The van der Waals surface area contributed by atoms with E-state index in [9.17, 15) is 0 Å². The van der Waals surface area contributed by atoms with Crippen molar-refractivity contribution in [1.82, 2.24) is 0 Å². The van der Waals surface area contributed by atoms with Crippen LogP contribution in [0.3, 0.4) is 0 Å². The standard InChI is InChI=1S/C38H52F2/c1-3-5-6-7-8-28-11-13-29(14-12-28)33-21-24-36(38(40)25-33)32-19-17-30(18-20-32)34-22-23-35(37(39)26-34)31-15-9-27(4-2)10-16-31/h17,21-29,31-32H,3-16,18-20H2,1-2H3. The number of halogens is 2. The lowest BCUT2D eigenvalue weighted by molar-refractivity contribution is 0.301. The van der Waals surface area contributed by atoms with Gasteiger partial charge in [0.15, 0.2) is 0 Å². The molecule has 2 aromatic carbocycles. The van der Waals surface area contributed by atoms with Crippen LogP contribution in [0.25, 0.3) is 5.57 Å². The fourth-order valence-electron chi connectivity index (χ4n) is 8.09. The first-order valence-electron chi connectivity index (χ1n) is 16.8. The van der Waals surface area contributed by atoms with E-state index in [1.807, 2.05) is 12.1 Å². The van der Waals surface area contributed by atoms with Crippen LogP contribution < -0.4 is 0 Å². The number of hydrogen-bond acceptors (Lipinski definition) is 0. The molecular weight excluding hydrogens is 494 g/mol. The zero-order valence-electron chi connectivity index (χ0n) is 25.2. The molecule has 2 aromatic rings. The van der Waals surface area contributed by atoms with Gasteiger partial charge in [-0.15, -0.1) is 0 Å². The predicted molar refractivity (Wildman–Crippen MR) is 166 cm³/mol. The summed E-state index contributed by atoms with van der Waals surface area (Å²) in [6.45, 7) is 4.55. The van der Waals surface area contributed by atoms with Crippen LogP contribution in [0.1, 0.15) is 163 Å². The van der Waals surface area contributed by atoms with E-state index >= 15 is 8.78 Å². The highest BCUT2D eigenvalue weighted by Gasteiger charge is 2.26. The van der Waals surface area contributed by atoms with Crippen LogP contribution in [-0.2, 0) is 0 Å². The van der Waals surface area contributed by atoms with E-state index in [4.69, 9.17) is 0 Å². The minimum absolute atomic E-state index is 0.0192. The molecule has 2 heteroatoms. The van der Waals surface area contributed by atoms with Crippen molar-refractivity contribution in [2.45, 2.75) is 141 Å². The zero-order valence-corrected chi connectivity index (χ0v) is 25.2. The van der Waals surface area contributed by atoms with E-state index in [-0.39, 0.29) is 17.6 Å². The number of allylic oxidation sites excluding steroid dienone is 2. The number of hydrogen-bond donors (Lipinski definition) is 0. The van der Waals surface area contributed by atoms with Crippen molar-refractivity contribution < 1.29 is 8.78 Å². The highest BCUT2D eigenvalue weighted by Crippen LogP contribution is 2.42. The predicted octanol–water partition coefficient (Wildman–Crippen LogP) is 12.2. The van der Waals surface area contributed by atoms with Gasteiger partial charge in [-0.2, -0.15) is 0 Å². The summed E-state index contributed by atoms with van der Waals surface area (Å²) in [6.07, 6.45) is 22.7. The Morgan fingerprint density at radius 1 is 0.650 bits per heavy atom. The maximum absolute atomic E-state index is 15.4. The van der Waals surface area contributed by atoms with E-state index in [2.05, 4.69) is 38.1 Å². The van der Waals surface area contributed by atoms with Gasteiger partial charge in [0.25, 0.3) is 0 Å². The molecule has 0 aromatic heterocycles. The van der Waals surface area contributed by atoms with Crippen molar-refractivity contribution in [1.29, 1.82) is 0 Å². The third kappa shape index (κ3) is 7.27. The van der Waals surface area contributed by atoms with Crippen molar-refractivity contribution in [3.63, 3.8) is 0 Å². The van der Waals surface area contributed by atoms with Crippen LogP contribution in [0.5, 0.6) is 0 Å². The molecule has 0 N–H and O–H groups in total. The molecule has 0 amide bonds. The van der Waals surface area contributed by atoms with Gasteiger partial charge in [-0.25, -0.2) is 8.78 Å². The molecule has 0 nitrogen and oxygen atoms in total. The molecule has 0 radical (unpaired) electrons. The van der Waals surface area contributed by atoms with Crippen molar-refractivity contribution in [3.05, 3.63) is 76.4 Å². The van der Waals surface area contributed by atoms with Gasteiger partial charge in [-0.1, -0.05) is 82.7 Å². The van der Waals surface area contributed by atoms with Crippen molar-refractivity contribution in [2.75, 3.05) is 0 Å². The molecule has 1 atom stereocenters. The molecule has 5 rings (SSSR count). The zero-order chi connectivity index (χ0) is 27.9. The maximum Gasteiger partial charge on any atom is 0.127 e. The highest BCUT2D eigenvalue weighted by atomic mass is 19.1. The summed E-state index contributed by atoms with van der Waals surface area (Å²) in [5, 5.41) is 0. The van der Waals surface area contributed by atoms with Gasteiger partial charge in [0.05, 0.1) is 0 Å². The molecule has 3 aliphatic carbocycles. The smallest absolute Gasteiger partial charge is 0.127 e. The number of rotatable bonds is 10. The topological polar surface area (TPSA) is 0 Å². The minimum atomic E-state index is -0.0346. The first kappa shape index (κ1) is 29.5. The molecule has 0 saturated heterocycles. The summed E-state index contributed by atoms with van der Waals surface area (Å²) in [4.78, 5) is 0. The van der Waals surface area contributed by atoms with Gasteiger partial charge < -0.3 is 0 Å². The van der Waals surface area contributed by atoms with Crippen LogP contribution in [-0.4, -0.2) is 0 Å². The Morgan fingerprint density at radius 2 is 1.32 bits per heavy atom. The van der Waals surface area contributed by atoms with Crippen LogP contribution in [0, 0.1) is 23.5 Å². The molecule has 0 spiro atoms.